The summed E-state index contributed by atoms with van der Waals surface area (Å²) in [5.41, 5.74) is 0. The van der Waals surface area contributed by atoms with E-state index >= 15 is 0 Å². The zero-order valence-corrected chi connectivity index (χ0v) is 13.4. The average Bonchev–Trinajstić information content (AvgIpc) is 2.42. The molecule has 0 unspecified atom stereocenters. The third-order valence-corrected chi connectivity index (χ3v) is 1.93. The van der Waals surface area contributed by atoms with Crippen LogP contribution in [0.2, 0.25) is 0 Å². The van der Waals surface area contributed by atoms with Gasteiger partial charge in [-0.25, -0.2) is 19.2 Å². The van der Waals surface area contributed by atoms with Crippen molar-refractivity contribution in [2.75, 3.05) is 0 Å². The molecule has 0 heterocycles. The fourth-order valence-electron chi connectivity index (χ4n) is 0.936. The summed E-state index contributed by atoms with van der Waals surface area (Å²) >= 11 is 0. The Morgan fingerprint density at radius 2 is 0.567 bits per heavy atom. The van der Waals surface area contributed by atoms with Crippen LogP contribution in [0.3, 0.4) is 0 Å². The van der Waals surface area contributed by atoms with Crippen molar-refractivity contribution in [3.05, 3.63) is 0 Å². The molecule has 0 atom stereocenters. The Morgan fingerprint density at radius 1 is 0.433 bits per heavy atom. The molecular formula is C8BF12LiO8. The van der Waals surface area contributed by atoms with E-state index in [1.807, 2.05) is 0 Å². The molecule has 0 spiro atoms. The molecule has 0 aromatic rings. The summed E-state index contributed by atoms with van der Waals surface area (Å²) in [5, 5.41) is 0. The van der Waals surface area contributed by atoms with E-state index in [4.69, 9.17) is 0 Å². The van der Waals surface area contributed by atoms with Crippen LogP contribution in [0, 0.1) is 0 Å². The quantitative estimate of drug-likeness (QED) is 0.375. The van der Waals surface area contributed by atoms with Gasteiger partial charge in [0, 0.05) is 0 Å². The molecule has 0 aliphatic carbocycles. The van der Waals surface area contributed by atoms with E-state index in [1.54, 1.807) is 0 Å². The number of rotatable bonds is 4. The van der Waals surface area contributed by atoms with Crippen molar-refractivity contribution in [1.82, 2.24) is 0 Å². The van der Waals surface area contributed by atoms with Gasteiger partial charge in [0.05, 0.1) is 0 Å². The smallest absolute Gasteiger partial charge is 0.578 e. The topological polar surface area (TPSA) is 105 Å². The third-order valence-electron chi connectivity index (χ3n) is 1.93. The molecule has 30 heavy (non-hydrogen) atoms. The molecule has 0 aromatic carbocycles. The second-order valence-corrected chi connectivity index (χ2v) is 4.19. The van der Waals surface area contributed by atoms with Gasteiger partial charge in [-0.05, 0) is 0 Å². The Morgan fingerprint density at radius 3 is 0.667 bits per heavy atom. The number of alkyl halides is 12. The number of carbonyl (C=O) groups excluding carboxylic acids is 4. The molecule has 8 nitrogen and oxygen atoms in total. The van der Waals surface area contributed by atoms with Gasteiger partial charge in [-0.3, -0.25) is 0 Å². The maximum absolute atomic E-state index is 12.1. The zero-order chi connectivity index (χ0) is 23.6. The van der Waals surface area contributed by atoms with Crippen LogP contribution in [0.1, 0.15) is 0 Å². The minimum Gasteiger partial charge on any atom is -0.578 e. The summed E-state index contributed by atoms with van der Waals surface area (Å²) in [7, 11) is 0. The summed E-state index contributed by atoms with van der Waals surface area (Å²) in [6.45, 7) is -6.72. The monoisotopic (exact) mass is 470 g/mol. The molecule has 0 radical (unpaired) electrons. The first-order valence-electron chi connectivity index (χ1n) is 5.84. The van der Waals surface area contributed by atoms with Crippen molar-refractivity contribution in [3.8, 4) is 0 Å². The summed E-state index contributed by atoms with van der Waals surface area (Å²) < 4.78 is 156. The number of carbonyl (C=O) groups is 4. The minimum absolute atomic E-state index is 0. The number of halogens is 12. The summed E-state index contributed by atoms with van der Waals surface area (Å²) in [6.07, 6.45) is -25.6. The predicted molar refractivity (Wildman–Crippen MR) is 54.3 cm³/mol. The zero-order valence-electron chi connectivity index (χ0n) is 13.4. The van der Waals surface area contributed by atoms with Gasteiger partial charge in [-0.15, -0.1) is 0 Å². The van der Waals surface area contributed by atoms with E-state index in [2.05, 4.69) is 18.6 Å². The molecule has 0 aliphatic heterocycles. The van der Waals surface area contributed by atoms with Gasteiger partial charge >= 0.3 is 74.4 Å². The van der Waals surface area contributed by atoms with Gasteiger partial charge in [-0.1, -0.05) is 0 Å². The van der Waals surface area contributed by atoms with E-state index in [0.717, 1.165) is 0 Å². The largest absolute Gasteiger partial charge is 1.00 e. The molecule has 0 saturated carbocycles. The molecule has 0 aromatic heterocycles. The molecule has 0 rings (SSSR count). The van der Waals surface area contributed by atoms with Crippen LogP contribution in [0.15, 0.2) is 0 Å². The van der Waals surface area contributed by atoms with Gasteiger partial charge in [0.15, 0.2) is 0 Å². The van der Waals surface area contributed by atoms with E-state index in [1.165, 1.54) is 0 Å². The van der Waals surface area contributed by atoms with E-state index in [-0.39, 0.29) is 18.9 Å². The SMILES string of the molecule is O=C(O[B-](OC(=O)C(F)(F)F)(OC(=O)C(F)(F)F)OC(=O)C(F)(F)F)C(F)(F)F.[Li+]. The predicted octanol–water partition coefficient (Wildman–Crippen LogP) is -1.15. The van der Waals surface area contributed by atoms with Crippen LogP contribution < -0.4 is 18.9 Å². The van der Waals surface area contributed by atoms with Crippen LogP contribution in [0.4, 0.5) is 52.7 Å². The van der Waals surface area contributed by atoms with Crippen LogP contribution in [-0.4, -0.2) is 55.5 Å². The first-order valence-corrected chi connectivity index (χ1v) is 5.84. The van der Waals surface area contributed by atoms with Gasteiger partial charge in [0.1, 0.15) is 0 Å². The second-order valence-electron chi connectivity index (χ2n) is 4.19. The molecule has 0 N–H and O–H groups in total. The van der Waals surface area contributed by atoms with Gasteiger partial charge in [0.2, 0.25) is 0 Å². The molecule has 0 bridgehead atoms. The Bertz CT molecular complexity index is 562. The number of hydrogen-bond acceptors (Lipinski definition) is 8. The molecule has 0 aliphatic rings. The van der Waals surface area contributed by atoms with Gasteiger partial charge < -0.3 is 18.6 Å². The molecule has 0 saturated heterocycles. The Labute approximate surface area is 165 Å². The maximum Gasteiger partial charge on any atom is 1.00 e. The normalized spacial score (nSPS) is 12.9. The third kappa shape index (κ3) is 9.02. The van der Waals surface area contributed by atoms with Gasteiger partial charge in [0.25, 0.3) is 0 Å². The standard InChI is InChI=1S/C8BF12O8.Li/c10-5(11,12)1(22)26-9(27-2(23)6(13,14)15,28-3(24)7(16,17)18)29-4(25)8(19,20)21;/q-1;+1. The molecule has 22 heteroatoms. The second kappa shape index (κ2) is 9.24. The van der Waals surface area contributed by atoms with Crippen LogP contribution in [0.25, 0.3) is 0 Å². The van der Waals surface area contributed by atoms with Crippen molar-refractivity contribution in [2.24, 2.45) is 0 Å². The van der Waals surface area contributed by atoms with E-state index < -0.39 is 55.5 Å². The minimum atomic E-state index is -6.72. The Kier molecular flexibility index (Phi) is 9.21. The molecule has 0 fully saturated rings. The fourth-order valence-corrected chi connectivity index (χ4v) is 0.936. The Balaban J connectivity index is 0. The van der Waals surface area contributed by atoms with Crippen molar-refractivity contribution in [2.45, 2.75) is 24.7 Å². The molecule has 168 valence electrons. The Hall–Kier alpha value is -2.30. The molecular weight excluding hydrogens is 470 g/mol. The first kappa shape index (κ1) is 29.9. The first-order chi connectivity index (χ1) is 12.5. The fraction of sp³-hybridized carbons (Fsp3) is 0.500. The average molecular weight is 470 g/mol. The van der Waals surface area contributed by atoms with Crippen molar-refractivity contribution in [1.29, 1.82) is 0 Å². The summed E-state index contributed by atoms with van der Waals surface area (Å²) in [4.78, 5) is 42.5. The van der Waals surface area contributed by atoms with Crippen molar-refractivity contribution < 1.29 is 109 Å². The van der Waals surface area contributed by atoms with Crippen molar-refractivity contribution in [3.63, 3.8) is 0 Å². The summed E-state index contributed by atoms with van der Waals surface area (Å²) in [6, 6.07) is 0. The van der Waals surface area contributed by atoms with E-state index in [0.29, 0.717) is 0 Å². The van der Waals surface area contributed by atoms with Crippen LogP contribution in [-0.2, 0) is 37.8 Å². The van der Waals surface area contributed by atoms with Crippen LogP contribution in [0.5, 0.6) is 0 Å². The molecule has 0 amide bonds. The van der Waals surface area contributed by atoms with Crippen molar-refractivity contribution >= 4 is 30.8 Å². The maximum atomic E-state index is 12.1. The van der Waals surface area contributed by atoms with Gasteiger partial charge in [-0.2, -0.15) is 52.7 Å². The van der Waals surface area contributed by atoms with Crippen LogP contribution >= 0.6 is 0 Å². The number of hydrogen-bond donors (Lipinski definition) is 0. The van der Waals surface area contributed by atoms with E-state index in [9.17, 15) is 71.9 Å². The summed E-state index contributed by atoms with van der Waals surface area (Å²) in [5.74, 6) is -15.9.